The van der Waals surface area contributed by atoms with Gasteiger partial charge in [0.1, 0.15) is 0 Å². The summed E-state index contributed by atoms with van der Waals surface area (Å²) in [5.74, 6) is -0.682. The molecular formula is C13H23NO4. The Labute approximate surface area is 108 Å². The first-order chi connectivity index (χ1) is 8.33. The molecular weight excluding hydrogens is 234 g/mol. The predicted octanol–water partition coefficient (Wildman–Crippen LogP) is 1.37. The zero-order chi connectivity index (χ0) is 13.8. The zero-order valence-electron chi connectivity index (χ0n) is 11.4. The summed E-state index contributed by atoms with van der Waals surface area (Å²) < 4.78 is 5.37. The fourth-order valence-corrected chi connectivity index (χ4v) is 2.03. The number of carbonyl (C=O) groups is 2. The van der Waals surface area contributed by atoms with Gasteiger partial charge < -0.3 is 14.7 Å². The fourth-order valence-electron chi connectivity index (χ4n) is 2.03. The van der Waals surface area contributed by atoms with Crippen LogP contribution in [0.1, 0.15) is 33.1 Å². The number of ether oxygens (including phenoxy) is 1. The van der Waals surface area contributed by atoms with Crippen LogP contribution in [-0.2, 0) is 14.3 Å². The SMILES string of the molecule is CN(CC1CCCOC1)C(=O)CC(C)(C)C(=O)O. The van der Waals surface area contributed by atoms with Crippen LogP contribution in [0.25, 0.3) is 0 Å². The number of carbonyl (C=O) groups excluding carboxylic acids is 1. The number of hydrogen-bond donors (Lipinski definition) is 1. The van der Waals surface area contributed by atoms with Gasteiger partial charge in [0.25, 0.3) is 0 Å². The quantitative estimate of drug-likeness (QED) is 0.808. The van der Waals surface area contributed by atoms with Crippen LogP contribution in [0, 0.1) is 11.3 Å². The Morgan fingerprint density at radius 3 is 2.61 bits per heavy atom. The second-order valence-corrected chi connectivity index (χ2v) is 5.72. The molecule has 104 valence electrons. The standard InChI is InChI=1S/C13H23NO4/c1-13(2,12(16)17)7-11(15)14(3)8-10-5-4-6-18-9-10/h10H,4-9H2,1-3H3,(H,16,17). The molecule has 1 heterocycles. The average Bonchev–Trinajstić information content (AvgIpc) is 2.29. The maximum absolute atomic E-state index is 12.0. The van der Waals surface area contributed by atoms with Crippen molar-refractivity contribution in [2.45, 2.75) is 33.1 Å². The summed E-state index contributed by atoms with van der Waals surface area (Å²) in [6.07, 6.45) is 2.14. The van der Waals surface area contributed by atoms with Gasteiger partial charge in [-0.15, -0.1) is 0 Å². The fraction of sp³-hybridized carbons (Fsp3) is 0.846. The highest BCUT2D eigenvalue weighted by Gasteiger charge is 2.31. The molecule has 0 aromatic rings. The lowest BCUT2D eigenvalue weighted by atomic mass is 9.89. The van der Waals surface area contributed by atoms with Gasteiger partial charge in [-0.2, -0.15) is 0 Å². The largest absolute Gasteiger partial charge is 0.481 e. The Hall–Kier alpha value is -1.10. The van der Waals surface area contributed by atoms with Crippen molar-refractivity contribution in [1.29, 1.82) is 0 Å². The normalized spacial score (nSPS) is 20.5. The van der Waals surface area contributed by atoms with Gasteiger partial charge in [0.05, 0.1) is 12.0 Å². The summed E-state index contributed by atoms with van der Waals surface area (Å²) in [5.41, 5.74) is -1.01. The molecule has 1 aliphatic heterocycles. The molecule has 1 saturated heterocycles. The molecule has 0 aromatic carbocycles. The summed E-state index contributed by atoms with van der Waals surface area (Å²) in [7, 11) is 1.73. The van der Waals surface area contributed by atoms with Crippen molar-refractivity contribution in [2.24, 2.45) is 11.3 Å². The third kappa shape index (κ3) is 4.29. The maximum atomic E-state index is 12.0. The van der Waals surface area contributed by atoms with Crippen LogP contribution in [0.5, 0.6) is 0 Å². The lowest BCUT2D eigenvalue weighted by Crippen LogP contribution is -2.38. The Balaban J connectivity index is 2.43. The van der Waals surface area contributed by atoms with Crippen molar-refractivity contribution in [1.82, 2.24) is 4.90 Å². The molecule has 0 spiro atoms. The summed E-state index contributed by atoms with van der Waals surface area (Å²) >= 11 is 0. The van der Waals surface area contributed by atoms with Crippen LogP contribution in [0.15, 0.2) is 0 Å². The molecule has 0 aromatic heterocycles. The molecule has 18 heavy (non-hydrogen) atoms. The minimum atomic E-state index is -1.01. The average molecular weight is 257 g/mol. The predicted molar refractivity (Wildman–Crippen MR) is 67.2 cm³/mol. The monoisotopic (exact) mass is 257 g/mol. The smallest absolute Gasteiger partial charge is 0.309 e. The third-order valence-electron chi connectivity index (χ3n) is 3.38. The Morgan fingerprint density at radius 1 is 1.44 bits per heavy atom. The Kier molecular flexibility index (Phi) is 5.14. The van der Waals surface area contributed by atoms with Gasteiger partial charge in [-0.1, -0.05) is 0 Å². The van der Waals surface area contributed by atoms with Gasteiger partial charge >= 0.3 is 5.97 Å². The van der Waals surface area contributed by atoms with Gasteiger partial charge in [-0.25, -0.2) is 0 Å². The van der Waals surface area contributed by atoms with Crippen molar-refractivity contribution >= 4 is 11.9 Å². The van der Waals surface area contributed by atoms with Crippen molar-refractivity contribution in [2.75, 3.05) is 26.8 Å². The van der Waals surface area contributed by atoms with Crippen molar-refractivity contribution in [3.05, 3.63) is 0 Å². The molecule has 1 N–H and O–H groups in total. The molecule has 1 aliphatic rings. The lowest BCUT2D eigenvalue weighted by molar-refractivity contribution is -0.151. The van der Waals surface area contributed by atoms with Crippen LogP contribution < -0.4 is 0 Å². The highest BCUT2D eigenvalue weighted by atomic mass is 16.5. The van der Waals surface area contributed by atoms with Gasteiger partial charge in [0.2, 0.25) is 5.91 Å². The van der Waals surface area contributed by atoms with Crippen molar-refractivity contribution in [3.8, 4) is 0 Å². The Bertz CT molecular complexity index is 308. The van der Waals surface area contributed by atoms with E-state index in [0.29, 0.717) is 19.1 Å². The van der Waals surface area contributed by atoms with E-state index in [-0.39, 0.29) is 12.3 Å². The highest BCUT2D eigenvalue weighted by molar-refractivity contribution is 5.84. The van der Waals surface area contributed by atoms with E-state index in [4.69, 9.17) is 9.84 Å². The van der Waals surface area contributed by atoms with Gasteiger partial charge in [-0.05, 0) is 32.6 Å². The maximum Gasteiger partial charge on any atom is 0.309 e. The van der Waals surface area contributed by atoms with E-state index in [2.05, 4.69) is 0 Å². The van der Waals surface area contributed by atoms with E-state index < -0.39 is 11.4 Å². The summed E-state index contributed by atoms with van der Waals surface area (Å²) in [6.45, 7) is 5.30. The number of rotatable bonds is 5. The van der Waals surface area contributed by atoms with E-state index in [1.807, 2.05) is 0 Å². The van der Waals surface area contributed by atoms with E-state index >= 15 is 0 Å². The zero-order valence-corrected chi connectivity index (χ0v) is 11.4. The molecule has 1 rings (SSSR count). The first kappa shape index (κ1) is 15.0. The molecule has 0 aliphatic carbocycles. The van der Waals surface area contributed by atoms with Crippen LogP contribution >= 0.6 is 0 Å². The number of amides is 1. The molecule has 5 heteroatoms. The minimum absolute atomic E-state index is 0.0341. The Morgan fingerprint density at radius 2 is 2.11 bits per heavy atom. The summed E-state index contributed by atoms with van der Waals surface area (Å²) in [5, 5.41) is 9.00. The molecule has 1 fully saturated rings. The number of carboxylic acids is 1. The summed E-state index contributed by atoms with van der Waals surface area (Å²) in [6, 6.07) is 0. The summed E-state index contributed by atoms with van der Waals surface area (Å²) in [4.78, 5) is 24.6. The number of carboxylic acid groups (broad SMARTS) is 1. The third-order valence-corrected chi connectivity index (χ3v) is 3.38. The second-order valence-electron chi connectivity index (χ2n) is 5.72. The number of nitrogens with zero attached hydrogens (tertiary/aromatic N) is 1. The number of aliphatic carboxylic acids is 1. The van der Waals surface area contributed by atoms with Crippen LogP contribution in [0.3, 0.4) is 0 Å². The minimum Gasteiger partial charge on any atom is -0.481 e. The molecule has 0 saturated carbocycles. The van der Waals surface area contributed by atoms with Crippen LogP contribution in [-0.4, -0.2) is 48.7 Å². The van der Waals surface area contributed by atoms with Gasteiger partial charge in [0, 0.05) is 26.6 Å². The lowest BCUT2D eigenvalue weighted by Gasteiger charge is -2.29. The first-order valence-electron chi connectivity index (χ1n) is 6.38. The van der Waals surface area contributed by atoms with Crippen LogP contribution in [0.4, 0.5) is 0 Å². The topological polar surface area (TPSA) is 66.8 Å². The molecule has 5 nitrogen and oxygen atoms in total. The van der Waals surface area contributed by atoms with Crippen LogP contribution in [0.2, 0.25) is 0 Å². The molecule has 1 atom stereocenters. The highest BCUT2D eigenvalue weighted by Crippen LogP contribution is 2.22. The molecule has 1 unspecified atom stereocenters. The van der Waals surface area contributed by atoms with E-state index in [9.17, 15) is 9.59 Å². The first-order valence-corrected chi connectivity index (χ1v) is 6.38. The van der Waals surface area contributed by atoms with E-state index in [0.717, 1.165) is 19.4 Å². The van der Waals surface area contributed by atoms with Crippen molar-refractivity contribution < 1.29 is 19.4 Å². The van der Waals surface area contributed by atoms with E-state index in [1.165, 1.54) is 0 Å². The molecule has 0 radical (unpaired) electrons. The molecule has 1 amide bonds. The van der Waals surface area contributed by atoms with Gasteiger partial charge in [-0.3, -0.25) is 9.59 Å². The molecule has 0 bridgehead atoms. The van der Waals surface area contributed by atoms with E-state index in [1.54, 1.807) is 25.8 Å². The second kappa shape index (κ2) is 6.18. The number of hydrogen-bond acceptors (Lipinski definition) is 3. The van der Waals surface area contributed by atoms with Crippen molar-refractivity contribution in [3.63, 3.8) is 0 Å². The van der Waals surface area contributed by atoms with Gasteiger partial charge in [0.15, 0.2) is 0 Å².